The van der Waals surface area contributed by atoms with E-state index in [0.29, 0.717) is 5.69 Å². The van der Waals surface area contributed by atoms with Gasteiger partial charge in [0.2, 0.25) is 0 Å². The van der Waals surface area contributed by atoms with Gasteiger partial charge in [-0.15, -0.1) is 0 Å². The molecule has 0 N–H and O–H groups in total. The Balaban J connectivity index is 1.65. The first-order valence-corrected chi connectivity index (χ1v) is 7.97. The van der Waals surface area contributed by atoms with Gasteiger partial charge in [-0.05, 0) is 17.7 Å². The maximum atomic E-state index is 11.2. The van der Waals surface area contributed by atoms with Gasteiger partial charge in [0.1, 0.15) is 5.69 Å². The van der Waals surface area contributed by atoms with Gasteiger partial charge in [-0.2, -0.15) is 0 Å². The maximum Gasteiger partial charge on any atom is 0.292 e. The number of nitro groups is 1. The fourth-order valence-electron chi connectivity index (χ4n) is 2.90. The third-order valence-corrected chi connectivity index (χ3v) is 4.51. The molecule has 0 atom stereocenters. The Kier molecular flexibility index (Phi) is 4.79. The third-order valence-electron chi connectivity index (χ3n) is 4.14. The van der Waals surface area contributed by atoms with E-state index >= 15 is 0 Å². The second kappa shape index (κ2) is 6.98. The van der Waals surface area contributed by atoms with E-state index in [2.05, 4.69) is 9.80 Å². The largest absolute Gasteiger partial charge is 0.363 e. The van der Waals surface area contributed by atoms with Crippen LogP contribution in [-0.2, 0) is 6.54 Å². The van der Waals surface area contributed by atoms with Gasteiger partial charge in [-0.25, -0.2) is 0 Å². The van der Waals surface area contributed by atoms with Crippen molar-refractivity contribution in [3.05, 3.63) is 69.2 Å². The molecule has 6 heteroatoms. The summed E-state index contributed by atoms with van der Waals surface area (Å²) in [6, 6.07) is 14.8. The van der Waals surface area contributed by atoms with Crippen LogP contribution in [0.3, 0.4) is 0 Å². The van der Waals surface area contributed by atoms with Gasteiger partial charge in [0.15, 0.2) is 0 Å². The molecule has 23 heavy (non-hydrogen) atoms. The molecular weight excluding hydrogens is 314 g/mol. The predicted molar refractivity (Wildman–Crippen MR) is 92.0 cm³/mol. The Bertz CT molecular complexity index is 700. The Morgan fingerprint density at radius 2 is 1.65 bits per heavy atom. The second-order valence-electron chi connectivity index (χ2n) is 5.60. The van der Waals surface area contributed by atoms with E-state index in [9.17, 15) is 10.1 Å². The van der Waals surface area contributed by atoms with Crippen LogP contribution in [0.1, 0.15) is 5.56 Å². The summed E-state index contributed by atoms with van der Waals surface area (Å²) in [6.07, 6.45) is 0. The molecule has 1 heterocycles. The molecule has 1 aliphatic rings. The van der Waals surface area contributed by atoms with E-state index in [1.165, 1.54) is 0 Å². The molecule has 0 aromatic heterocycles. The molecule has 0 unspecified atom stereocenters. The highest BCUT2D eigenvalue weighted by atomic mass is 35.5. The molecule has 0 radical (unpaired) electrons. The van der Waals surface area contributed by atoms with Crippen molar-refractivity contribution in [3.63, 3.8) is 0 Å². The maximum absolute atomic E-state index is 11.2. The van der Waals surface area contributed by atoms with Gasteiger partial charge >= 0.3 is 0 Å². The highest BCUT2D eigenvalue weighted by molar-refractivity contribution is 6.31. The monoisotopic (exact) mass is 331 g/mol. The van der Waals surface area contributed by atoms with E-state index in [1.54, 1.807) is 12.1 Å². The summed E-state index contributed by atoms with van der Waals surface area (Å²) in [5, 5.41) is 11.9. The SMILES string of the molecule is O=[N+]([O-])c1ccccc1N1CCN(Cc2ccccc2Cl)CC1. The number of para-hydroxylation sites is 2. The zero-order valence-electron chi connectivity index (χ0n) is 12.7. The number of hydrogen-bond donors (Lipinski definition) is 0. The van der Waals surface area contributed by atoms with Crippen molar-refractivity contribution in [2.24, 2.45) is 0 Å². The number of halogens is 1. The molecule has 2 aromatic carbocycles. The first kappa shape index (κ1) is 15.8. The molecule has 5 nitrogen and oxygen atoms in total. The number of piperazine rings is 1. The van der Waals surface area contributed by atoms with Gasteiger partial charge in [-0.1, -0.05) is 41.9 Å². The second-order valence-corrected chi connectivity index (χ2v) is 6.01. The van der Waals surface area contributed by atoms with E-state index in [4.69, 9.17) is 11.6 Å². The van der Waals surface area contributed by atoms with Crippen LogP contribution in [0.15, 0.2) is 48.5 Å². The zero-order valence-corrected chi connectivity index (χ0v) is 13.4. The first-order chi connectivity index (χ1) is 11.1. The number of nitrogens with zero attached hydrogens (tertiary/aromatic N) is 3. The summed E-state index contributed by atoms with van der Waals surface area (Å²) in [5.74, 6) is 0. The molecule has 0 saturated carbocycles. The van der Waals surface area contributed by atoms with Crippen molar-refractivity contribution in [2.45, 2.75) is 6.54 Å². The summed E-state index contributed by atoms with van der Waals surface area (Å²) >= 11 is 6.21. The van der Waals surface area contributed by atoms with E-state index in [1.807, 2.05) is 36.4 Å². The van der Waals surface area contributed by atoms with Gasteiger partial charge in [0.05, 0.1) is 4.92 Å². The smallest absolute Gasteiger partial charge is 0.292 e. The zero-order chi connectivity index (χ0) is 16.2. The summed E-state index contributed by atoms with van der Waals surface area (Å²) in [5.41, 5.74) is 2.00. The molecule has 120 valence electrons. The van der Waals surface area contributed by atoms with Gasteiger partial charge in [-0.3, -0.25) is 15.0 Å². The van der Waals surface area contributed by atoms with E-state index in [0.717, 1.165) is 43.3 Å². The molecule has 0 amide bonds. The van der Waals surface area contributed by atoms with Crippen LogP contribution in [-0.4, -0.2) is 36.0 Å². The minimum Gasteiger partial charge on any atom is -0.363 e. The molecular formula is C17H18ClN3O2. The first-order valence-electron chi connectivity index (χ1n) is 7.59. The van der Waals surface area contributed by atoms with E-state index < -0.39 is 0 Å². The lowest BCUT2D eigenvalue weighted by Crippen LogP contribution is -2.46. The summed E-state index contributed by atoms with van der Waals surface area (Å²) < 4.78 is 0. The van der Waals surface area contributed by atoms with Crippen molar-refractivity contribution in [1.29, 1.82) is 0 Å². The highest BCUT2D eigenvalue weighted by Gasteiger charge is 2.23. The van der Waals surface area contributed by atoms with Crippen LogP contribution in [0.5, 0.6) is 0 Å². The van der Waals surface area contributed by atoms with Crippen LogP contribution >= 0.6 is 11.6 Å². The molecule has 1 saturated heterocycles. The number of benzene rings is 2. The molecule has 0 bridgehead atoms. The third kappa shape index (κ3) is 3.63. The topological polar surface area (TPSA) is 49.6 Å². The van der Waals surface area contributed by atoms with Gasteiger partial charge in [0, 0.05) is 43.8 Å². The van der Waals surface area contributed by atoms with Crippen molar-refractivity contribution < 1.29 is 4.92 Å². The lowest BCUT2D eigenvalue weighted by Gasteiger charge is -2.35. The van der Waals surface area contributed by atoms with Gasteiger partial charge in [0.25, 0.3) is 5.69 Å². The minimum absolute atomic E-state index is 0.173. The minimum atomic E-state index is -0.314. The van der Waals surface area contributed by atoms with Crippen molar-refractivity contribution in [1.82, 2.24) is 4.90 Å². The van der Waals surface area contributed by atoms with Crippen LogP contribution < -0.4 is 4.90 Å². The van der Waals surface area contributed by atoms with E-state index in [-0.39, 0.29) is 10.6 Å². The van der Waals surface area contributed by atoms with Crippen LogP contribution in [0.4, 0.5) is 11.4 Å². The molecule has 1 aliphatic heterocycles. The summed E-state index contributed by atoms with van der Waals surface area (Å²) in [7, 11) is 0. The van der Waals surface area contributed by atoms with Crippen LogP contribution in [0.2, 0.25) is 5.02 Å². The number of rotatable bonds is 4. The van der Waals surface area contributed by atoms with Crippen molar-refractivity contribution in [3.8, 4) is 0 Å². The van der Waals surface area contributed by atoms with Crippen molar-refractivity contribution in [2.75, 3.05) is 31.1 Å². The fourth-order valence-corrected chi connectivity index (χ4v) is 3.10. The lowest BCUT2D eigenvalue weighted by atomic mass is 10.1. The average Bonchev–Trinajstić information content (AvgIpc) is 2.58. The summed E-state index contributed by atoms with van der Waals surface area (Å²) in [6.45, 7) is 4.07. The average molecular weight is 332 g/mol. The Morgan fingerprint density at radius 3 is 2.35 bits per heavy atom. The van der Waals surface area contributed by atoms with Gasteiger partial charge < -0.3 is 4.90 Å². The number of hydrogen-bond acceptors (Lipinski definition) is 4. The Hall–Kier alpha value is -2.11. The number of anilines is 1. The van der Waals surface area contributed by atoms with Crippen molar-refractivity contribution >= 4 is 23.0 Å². The standard InChI is InChI=1S/C17H18ClN3O2/c18-15-6-2-1-5-14(15)13-19-9-11-20(12-10-19)16-7-3-4-8-17(16)21(22)23/h1-8H,9-13H2. The Labute approximate surface area is 140 Å². The van der Waals surface area contributed by atoms with Crippen LogP contribution in [0, 0.1) is 10.1 Å². The lowest BCUT2D eigenvalue weighted by molar-refractivity contribution is -0.384. The molecule has 2 aromatic rings. The molecule has 0 aliphatic carbocycles. The molecule has 0 spiro atoms. The molecule has 3 rings (SSSR count). The number of nitro benzene ring substituents is 1. The highest BCUT2D eigenvalue weighted by Crippen LogP contribution is 2.28. The normalized spacial score (nSPS) is 15.6. The van der Waals surface area contributed by atoms with Crippen LogP contribution in [0.25, 0.3) is 0 Å². The Morgan fingerprint density at radius 1 is 1.00 bits per heavy atom. The molecule has 1 fully saturated rings. The fraction of sp³-hybridized carbons (Fsp3) is 0.294. The quantitative estimate of drug-likeness (QED) is 0.635. The predicted octanol–water partition coefficient (Wildman–Crippen LogP) is 3.57. The summed E-state index contributed by atoms with van der Waals surface area (Å²) in [4.78, 5) is 15.3.